The van der Waals surface area contributed by atoms with E-state index in [1.54, 1.807) is 24.0 Å². The molecule has 24 heavy (non-hydrogen) atoms. The zero-order chi connectivity index (χ0) is 18.2. The number of unbranched alkanes of at least 4 members (excludes halogenated alkanes) is 1. The third-order valence-electron chi connectivity index (χ3n) is 2.99. The molecule has 1 aromatic rings. The Morgan fingerprint density at radius 3 is 2.75 bits per heavy atom. The van der Waals surface area contributed by atoms with Crippen LogP contribution in [0.3, 0.4) is 0 Å². The van der Waals surface area contributed by atoms with Crippen molar-refractivity contribution >= 4 is 12.0 Å². The number of hydrogen-bond acceptors (Lipinski definition) is 5. The van der Waals surface area contributed by atoms with Crippen LogP contribution in [0.1, 0.15) is 44.1 Å². The Bertz CT molecular complexity index is 562. The van der Waals surface area contributed by atoms with Gasteiger partial charge in [0.15, 0.2) is 5.69 Å². The Hall–Kier alpha value is -2.38. The van der Waals surface area contributed by atoms with Crippen LogP contribution < -0.4 is 5.32 Å². The minimum Gasteiger partial charge on any atom is -0.444 e. The second-order valence-electron chi connectivity index (χ2n) is 6.48. The molecule has 0 saturated heterocycles. The number of rotatable bonds is 8. The van der Waals surface area contributed by atoms with Crippen LogP contribution in [0.25, 0.3) is 0 Å². The van der Waals surface area contributed by atoms with Crippen LogP contribution in [0.5, 0.6) is 0 Å². The molecular weight excluding hydrogens is 310 g/mol. The Labute approximate surface area is 142 Å². The maximum absolute atomic E-state index is 12.0. The van der Waals surface area contributed by atoms with Crippen LogP contribution in [0, 0.1) is 0 Å². The number of hydrogen-bond donors (Lipinski definition) is 1. The van der Waals surface area contributed by atoms with E-state index in [0.717, 1.165) is 12.8 Å². The molecule has 8 heteroatoms. The van der Waals surface area contributed by atoms with Crippen LogP contribution in [0.4, 0.5) is 4.79 Å². The van der Waals surface area contributed by atoms with Crippen LogP contribution >= 0.6 is 0 Å². The fraction of sp³-hybridized carbons (Fsp3) is 0.625. The first-order valence-electron chi connectivity index (χ1n) is 7.96. The molecule has 0 spiro atoms. The number of likely N-dealkylation sites (N-methyl/N-ethyl adjacent to an activating group) is 1. The first-order valence-corrected chi connectivity index (χ1v) is 7.96. The monoisotopic (exact) mass is 337 g/mol. The van der Waals surface area contributed by atoms with Gasteiger partial charge in [0.2, 0.25) is 0 Å². The summed E-state index contributed by atoms with van der Waals surface area (Å²) in [6, 6.07) is 0. The third-order valence-corrected chi connectivity index (χ3v) is 2.99. The van der Waals surface area contributed by atoms with Gasteiger partial charge in [0.1, 0.15) is 5.60 Å². The van der Waals surface area contributed by atoms with E-state index in [1.165, 1.54) is 4.90 Å². The summed E-state index contributed by atoms with van der Waals surface area (Å²) in [5.41, 5.74) is -0.182. The lowest BCUT2D eigenvalue weighted by atomic mass is 10.2. The van der Waals surface area contributed by atoms with Crippen molar-refractivity contribution in [1.29, 1.82) is 0 Å². The predicted molar refractivity (Wildman–Crippen MR) is 90.7 cm³/mol. The maximum Gasteiger partial charge on any atom is 0.407 e. The molecule has 1 heterocycles. The van der Waals surface area contributed by atoms with E-state index in [-0.39, 0.29) is 5.91 Å². The summed E-state index contributed by atoms with van der Waals surface area (Å²) in [4.78, 5) is 25.0. The van der Waals surface area contributed by atoms with Gasteiger partial charge in [-0.15, -0.1) is 11.7 Å². The number of ether oxygens (including phenoxy) is 1. The quantitative estimate of drug-likeness (QED) is 0.577. The van der Waals surface area contributed by atoms with Gasteiger partial charge in [0, 0.05) is 26.7 Å². The molecule has 8 nitrogen and oxygen atoms in total. The second-order valence-corrected chi connectivity index (χ2v) is 6.48. The summed E-state index contributed by atoms with van der Waals surface area (Å²) in [6.07, 6.45) is 4.44. The largest absolute Gasteiger partial charge is 0.444 e. The molecule has 1 aromatic heterocycles. The minimum absolute atomic E-state index is 0.187. The molecule has 134 valence electrons. The number of nitrogens with one attached hydrogen (secondary N) is 1. The molecule has 0 atom stereocenters. The molecule has 0 aliphatic carbocycles. The molecule has 0 bridgehead atoms. The number of carbonyl (C=O) groups excluding carboxylic acids is 2. The highest BCUT2D eigenvalue weighted by Gasteiger charge is 2.16. The molecule has 0 fully saturated rings. The summed E-state index contributed by atoms with van der Waals surface area (Å²) in [5, 5.41) is 10.5. The van der Waals surface area contributed by atoms with Crippen molar-refractivity contribution in [3.63, 3.8) is 0 Å². The normalized spacial score (nSPS) is 11.0. The molecule has 0 aromatic carbocycles. The molecular formula is C16H27N5O3. The molecule has 2 amide bonds. The molecule has 0 saturated carbocycles. The highest BCUT2D eigenvalue weighted by Crippen LogP contribution is 2.06. The predicted octanol–water partition coefficient (Wildman–Crippen LogP) is 1.84. The van der Waals surface area contributed by atoms with Gasteiger partial charge >= 0.3 is 6.09 Å². The van der Waals surface area contributed by atoms with Gasteiger partial charge in [-0.25, -0.2) is 4.79 Å². The van der Waals surface area contributed by atoms with Gasteiger partial charge < -0.3 is 15.0 Å². The Morgan fingerprint density at radius 1 is 1.42 bits per heavy atom. The zero-order valence-electron chi connectivity index (χ0n) is 14.9. The fourth-order valence-corrected chi connectivity index (χ4v) is 1.88. The van der Waals surface area contributed by atoms with Crippen molar-refractivity contribution < 1.29 is 14.3 Å². The van der Waals surface area contributed by atoms with Gasteiger partial charge in [-0.1, -0.05) is 11.3 Å². The maximum atomic E-state index is 12.0. The molecule has 0 aliphatic rings. The van der Waals surface area contributed by atoms with Crippen LogP contribution in [0.2, 0.25) is 0 Å². The van der Waals surface area contributed by atoms with Gasteiger partial charge in [-0.05, 0) is 33.6 Å². The second kappa shape index (κ2) is 9.05. The zero-order valence-corrected chi connectivity index (χ0v) is 14.9. The lowest BCUT2D eigenvalue weighted by Crippen LogP contribution is -2.33. The van der Waals surface area contributed by atoms with E-state index in [0.29, 0.717) is 25.3 Å². The SMILES string of the molecule is C=CCN(C)C(=O)c1cn(CCCCNC(=O)OC(C)(C)C)nn1. The average Bonchev–Trinajstić information content (AvgIpc) is 2.93. The van der Waals surface area contributed by atoms with E-state index < -0.39 is 11.7 Å². The lowest BCUT2D eigenvalue weighted by molar-refractivity contribution is 0.0526. The summed E-state index contributed by atoms with van der Waals surface area (Å²) in [7, 11) is 1.69. The molecule has 1 rings (SSSR count). The van der Waals surface area contributed by atoms with Crippen molar-refractivity contribution in [2.75, 3.05) is 20.1 Å². The minimum atomic E-state index is -0.494. The first kappa shape index (κ1) is 19.7. The topological polar surface area (TPSA) is 89.4 Å². The van der Waals surface area contributed by atoms with Gasteiger partial charge in [-0.2, -0.15) is 0 Å². The van der Waals surface area contributed by atoms with Crippen molar-refractivity contribution in [2.45, 2.75) is 45.8 Å². The fourth-order valence-electron chi connectivity index (χ4n) is 1.88. The molecule has 0 unspecified atom stereocenters. The third kappa shape index (κ3) is 7.26. The number of nitrogens with zero attached hydrogens (tertiary/aromatic N) is 4. The summed E-state index contributed by atoms with van der Waals surface area (Å²) in [5.74, 6) is -0.187. The van der Waals surface area contributed by atoms with E-state index in [2.05, 4.69) is 22.2 Å². The van der Waals surface area contributed by atoms with Crippen LogP contribution in [-0.2, 0) is 11.3 Å². The number of aromatic nitrogens is 3. The average molecular weight is 337 g/mol. The van der Waals surface area contributed by atoms with Gasteiger partial charge in [0.25, 0.3) is 5.91 Å². The van der Waals surface area contributed by atoms with Crippen molar-refractivity contribution in [3.8, 4) is 0 Å². The van der Waals surface area contributed by atoms with E-state index in [1.807, 2.05) is 20.8 Å². The summed E-state index contributed by atoms with van der Waals surface area (Å²) in [6.45, 7) is 10.7. The van der Waals surface area contributed by atoms with Crippen molar-refractivity contribution in [1.82, 2.24) is 25.2 Å². The highest BCUT2D eigenvalue weighted by atomic mass is 16.6. The number of amides is 2. The molecule has 1 N–H and O–H groups in total. The smallest absolute Gasteiger partial charge is 0.407 e. The highest BCUT2D eigenvalue weighted by molar-refractivity contribution is 5.91. The molecule has 0 aliphatic heterocycles. The van der Waals surface area contributed by atoms with Crippen LogP contribution in [0.15, 0.2) is 18.9 Å². The lowest BCUT2D eigenvalue weighted by Gasteiger charge is -2.19. The van der Waals surface area contributed by atoms with E-state index in [4.69, 9.17) is 4.74 Å². The first-order chi connectivity index (χ1) is 11.2. The standard InChI is InChI=1S/C16H27N5O3/c1-6-10-20(5)14(22)13-12-21(19-18-13)11-8-7-9-17-15(23)24-16(2,3)4/h6,12H,1,7-11H2,2-5H3,(H,17,23). The summed E-state index contributed by atoms with van der Waals surface area (Å²) < 4.78 is 6.78. The van der Waals surface area contributed by atoms with Crippen molar-refractivity contribution in [2.24, 2.45) is 0 Å². The van der Waals surface area contributed by atoms with Crippen LogP contribution in [-0.4, -0.2) is 57.6 Å². The van der Waals surface area contributed by atoms with E-state index >= 15 is 0 Å². The molecule has 0 radical (unpaired) electrons. The summed E-state index contributed by atoms with van der Waals surface area (Å²) >= 11 is 0. The number of aryl methyl sites for hydroxylation is 1. The Balaban J connectivity index is 2.28. The number of carbonyl (C=O) groups is 2. The Kier molecular flexibility index (Phi) is 7.41. The van der Waals surface area contributed by atoms with Gasteiger partial charge in [0.05, 0.1) is 6.20 Å². The van der Waals surface area contributed by atoms with Crippen molar-refractivity contribution in [3.05, 3.63) is 24.5 Å². The van der Waals surface area contributed by atoms with E-state index in [9.17, 15) is 9.59 Å². The van der Waals surface area contributed by atoms with Gasteiger partial charge in [-0.3, -0.25) is 9.48 Å². The number of alkyl carbamates (subject to hydrolysis) is 1. The Morgan fingerprint density at radius 2 is 2.12 bits per heavy atom.